The molecule has 1 aromatic rings. The largest absolute Gasteiger partial charge is 0.480 e. The minimum absolute atomic E-state index is 0.478. The zero-order valence-electron chi connectivity index (χ0n) is 14.1. The van der Waals surface area contributed by atoms with Crippen molar-refractivity contribution in [3.8, 4) is 0 Å². The van der Waals surface area contributed by atoms with Crippen LogP contribution in [0.2, 0.25) is 0 Å². The molecular weight excluding hydrogens is 361 g/mol. The Labute approximate surface area is 146 Å². The summed E-state index contributed by atoms with van der Waals surface area (Å²) in [5.74, 6) is -1.58. The third-order valence-corrected chi connectivity index (χ3v) is 3.02. The molecule has 144 valence electrons. The number of benzene rings is 1. The smallest absolute Gasteiger partial charge is 0.423 e. The quantitative estimate of drug-likeness (QED) is 0.600. The van der Waals surface area contributed by atoms with Crippen molar-refractivity contribution in [1.82, 2.24) is 5.32 Å². The van der Waals surface area contributed by atoms with Crippen LogP contribution in [0, 0.1) is 10.1 Å². The number of para-hydroxylation sites is 1. The van der Waals surface area contributed by atoms with Gasteiger partial charge in [-0.3, -0.25) is 10.1 Å². The Morgan fingerprint density at radius 3 is 2.31 bits per heavy atom. The third kappa shape index (κ3) is 5.90. The normalized spacial score (nSPS) is 13.0. The van der Waals surface area contributed by atoms with Crippen LogP contribution < -0.4 is 5.32 Å². The number of alkyl carbamates (subject to hydrolysis) is 1. The molecule has 0 saturated heterocycles. The number of hydrogen-bond acceptors (Lipinski definition) is 5. The highest BCUT2D eigenvalue weighted by molar-refractivity contribution is 5.80. The molecule has 11 heteroatoms. The second kappa shape index (κ2) is 7.58. The maximum atomic E-state index is 13.0. The maximum absolute atomic E-state index is 13.0. The molecule has 0 aliphatic carbocycles. The van der Waals surface area contributed by atoms with Gasteiger partial charge in [-0.15, -0.1) is 0 Å². The lowest BCUT2D eigenvalue weighted by Gasteiger charge is -2.22. The van der Waals surface area contributed by atoms with E-state index >= 15 is 0 Å². The number of halogens is 3. The van der Waals surface area contributed by atoms with Gasteiger partial charge in [-0.25, -0.2) is 9.59 Å². The molecule has 0 saturated carbocycles. The average Bonchev–Trinajstić information content (AvgIpc) is 2.42. The molecule has 1 amide bonds. The number of nitrogens with one attached hydrogen (secondary N) is 1. The fourth-order valence-electron chi connectivity index (χ4n) is 2.07. The minimum Gasteiger partial charge on any atom is -0.480 e. The number of carboxylic acid groups (broad SMARTS) is 1. The van der Waals surface area contributed by atoms with Gasteiger partial charge in [0.25, 0.3) is 5.69 Å². The topological polar surface area (TPSA) is 119 Å². The molecule has 0 spiro atoms. The van der Waals surface area contributed by atoms with E-state index < -0.39 is 58.0 Å². The van der Waals surface area contributed by atoms with Crippen molar-refractivity contribution >= 4 is 17.7 Å². The summed E-state index contributed by atoms with van der Waals surface area (Å²) in [7, 11) is 0. The van der Waals surface area contributed by atoms with E-state index in [1.807, 2.05) is 5.32 Å². The van der Waals surface area contributed by atoms with Gasteiger partial charge in [-0.1, -0.05) is 12.1 Å². The molecule has 8 nitrogen and oxygen atoms in total. The molecule has 26 heavy (non-hydrogen) atoms. The summed E-state index contributed by atoms with van der Waals surface area (Å²) in [6.07, 6.45) is -6.83. The van der Waals surface area contributed by atoms with Crippen molar-refractivity contribution in [3.63, 3.8) is 0 Å². The number of rotatable bonds is 5. The van der Waals surface area contributed by atoms with Crippen LogP contribution >= 0.6 is 0 Å². The summed E-state index contributed by atoms with van der Waals surface area (Å²) in [6, 6.07) is 0.739. The molecule has 0 aromatic heterocycles. The van der Waals surface area contributed by atoms with E-state index in [4.69, 9.17) is 4.74 Å². The molecular formula is C15H17F3N2O6. The molecule has 0 radical (unpaired) electrons. The first kappa shape index (κ1) is 21.2. The number of carbonyl (C=O) groups excluding carboxylic acids is 1. The van der Waals surface area contributed by atoms with Crippen LogP contribution in [-0.4, -0.2) is 33.7 Å². The SMILES string of the molecule is CC(C)(C)OC(=O)N[C@@H](Cc1cccc(C(F)(F)F)c1[N+](=O)[O-])C(=O)O. The van der Waals surface area contributed by atoms with Gasteiger partial charge in [0.2, 0.25) is 0 Å². The number of aliphatic carboxylic acids is 1. The predicted octanol–water partition coefficient (Wildman–Crippen LogP) is 3.13. The Hall–Kier alpha value is -2.85. The third-order valence-electron chi connectivity index (χ3n) is 3.02. The van der Waals surface area contributed by atoms with E-state index in [2.05, 4.69) is 0 Å². The Morgan fingerprint density at radius 2 is 1.88 bits per heavy atom. The molecule has 1 aromatic carbocycles. The predicted molar refractivity (Wildman–Crippen MR) is 82.6 cm³/mol. The lowest BCUT2D eigenvalue weighted by atomic mass is 10.00. The Kier molecular flexibility index (Phi) is 6.18. The first-order valence-corrected chi connectivity index (χ1v) is 7.28. The molecule has 0 heterocycles. The molecule has 0 unspecified atom stereocenters. The average molecular weight is 378 g/mol. The van der Waals surface area contributed by atoms with Crippen LogP contribution in [0.25, 0.3) is 0 Å². The van der Waals surface area contributed by atoms with Gasteiger partial charge in [-0.2, -0.15) is 13.2 Å². The Balaban J connectivity index is 3.19. The molecule has 0 bridgehead atoms. The van der Waals surface area contributed by atoms with Crippen molar-refractivity contribution in [2.75, 3.05) is 0 Å². The van der Waals surface area contributed by atoms with Crippen LogP contribution in [-0.2, 0) is 22.1 Å². The van der Waals surface area contributed by atoms with Crippen molar-refractivity contribution in [2.24, 2.45) is 0 Å². The lowest BCUT2D eigenvalue weighted by Crippen LogP contribution is -2.44. The molecule has 0 aliphatic heterocycles. The zero-order chi connectivity index (χ0) is 20.3. The minimum atomic E-state index is -4.99. The van der Waals surface area contributed by atoms with Crippen molar-refractivity contribution < 1.29 is 37.5 Å². The number of carbonyl (C=O) groups is 2. The van der Waals surface area contributed by atoms with Gasteiger partial charge in [0, 0.05) is 12.0 Å². The standard InChI is InChI=1S/C15H17F3N2O6/c1-14(2,3)26-13(23)19-10(12(21)22)7-8-5-4-6-9(15(16,17)18)11(8)20(24)25/h4-6,10H,7H2,1-3H3,(H,19,23)(H,21,22)/t10-/m0/s1. The number of carboxylic acids is 1. The number of alkyl halides is 3. The summed E-state index contributed by atoms with van der Waals surface area (Å²) < 4.78 is 43.8. The molecule has 1 rings (SSSR count). The number of hydrogen-bond donors (Lipinski definition) is 2. The van der Waals surface area contributed by atoms with E-state index in [1.165, 1.54) is 20.8 Å². The maximum Gasteiger partial charge on any atom is 0.423 e. The first-order chi connectivity index (χ1) is 11.7. The number of nitro groups is 1. The second-order valence-electron chi connectivity index (χ2n) is 6.31. The summed E-state index contributed by atoms with van der Waals surface area (Å²) >= 11 is 0. The summed E-state index contributed by atoms with van der Waals surface area (Å²) in [5, 5.41) is 22.3. The van der Waals surface area contributed by atoms with E-state index in [1.54, 1.807) is 0 Å². The lowest BCUT2D eigenvalue weighted by molar-refractivity contribution is -0.388. The summed E-state index contributed by atoms with van der Waals surface area (Å²) in [6.45, 7) is 4.58. The van der Waals surface area contributed by atoms with Gasteiger partial charge < -0.3 is 15.2 Å². The van der Waals surface area contributed by atoms with Crippen LogP contribution in [0.4, 0.5) is 23.7 Å². The highest BCUT2D eigenvalue weighted by Gasteiger charge is 2.40. The van der Waals surface area contributed by atoms with Gasteiger partial charge in [0.1, 0.15) is 17.2 Å². The van der Waals surface area contributed by atoms with Gasteiger partial charge in [0.15, 0.2) is 0 Å². The summed E-state index contributed by atoms with van der Waals surface area (Å²) in [4.78, 5) is 32.9. The van der Waals surface area contributed by atoms with Gasteiger partial charge in [0.05, 0.1) is 4.92 Å². The zero-order valence-corrected chi connectivity index (χ0v) is 14.1. The number of nitrogens with zero attached hydrogens (tertiary/aromatic N) is 1. The van der Waals surface area contributed by atoms with E-state index in [0.717, 1.165) is 12.1 Å². The van der Waals surface area contributed by atoms with Crippen molar-refractivity contribution in [3.05, 3.63) is 39.4 Å². The second-order valence-corrected chi connectivity index (χ2v) is 6.31. The van der Waals surface area contributed by atoms with Crippen molar-refractivity contribution in [1.29, 1.82) is 0 Å². The number of nitro benzene ring substituents is 1. The van der Waals surface area contributed by atoms with E-state index in [9.17, 15) is 38.0 Å². The Bertz CT molecular complexity index is 712. The number of ether oxygens (including phenoxy) is 1. The van der Waals surface area contributed by atoms with Crippen LogP contribution in [0.5, 0.6) is 0 Å². The molecule has 1 atom stereocenters. The van der Waals surface area contributed by atoms with Crippen LogP contribution in [0.15, 0.2) is 18.2 Å². The highest BCUT2D eigenvalue weighted by Crippen LogP contribution is 2.38. The fraction of sp³-hybridized carbons (Fsp3) is 0.467. The molecule has 0 aliphatic rings. The fourth-order valence-corrected chi connectivity index (χ4v) is 2.07. The van der Waals surface area contributed by atoms with Gasteiger partial charge >= 0.3 is 18.2 Å². The highest BCUT2D eigenvalue weighted by atomic mass is 19.4. The number of amides is 1. The first-order valence-electron chi connectivity index (χ1n) is 7.28. The summed E-state index contributed by atoms with van der Waals surface area (Å²) in [5.41, 5.74) is -4.16. The Morgan fingerprint density at radius 1 is 1.31 bits per heavy atom. The van der Waals surface area contributed by atoms with Crippen molar-refractivity contribution in [2.45, 2.75) is 45.0 Å². The monoisotopic (exact) mass is 378 g/mol. The van der Waals surface area contributed by atoms with Crippen LogP contribution in [0.3, 0.4) is 0 Å². The van der Waals surface area contributed by atoms with E-state index in [0.29, 0.717) is 6.07 Å². The molecule has 0 fully saturated rings. The van der Waals surface area contributed by atoms with E-state index in [-0.39, 0.29) is 0 Å². The van der Waals surface area contributed by atoms with Crippen LogP contribution in [0.1, 0.15) is 31.9 Å². The van der Waals surface area contributed by atoms with Gasteiger partial charge in [-0.05, 0) is 26.8 Å². The molecule has 2 N–H and O–H groups in total.